The van der Waals surface area contributed by atoms with Crippen molar-refractivity contribution in [1.29, 1.82) is 0 Å². The third kappa shape index (κ3) is 3.43. The molecule has 31 heavy (non-hydrogen) atoms. The van der Waals surface area contributed by atoms with E-state index in [2.05, 4.69) is 10.4 Å². The zero-order valence-corrected chi connectivity index (χ0v) is 18.9. The Morgan fingerprint density at radius 1 is 1.19 bits per heavy atom. The highest BCUT2D eigenvalue weighted by atomic mass is 32.1. The second kappa shape index (κ2) is 7.05. The predicted octanol–water partition coefficient (Wildman–Crippen LogP) is 5.34. The number of nitrogens with zero attached hydrogens (tertiary/aromatic N) is 3. The quantitative estimate of drug-likeness (QED) is 0.586. The first-order chi connectivity index (χ1) is 15.0. The lowest BCUT2D eigenvalue weighted by Crippen LogP contribution is -2.47. The fourth-order valence-electron chi connectivity index (χ4n) is 6.88. The lowest BCUT2D eigenvalue weighted by Gasteiger charge is -2.56. The van der Waals surface area contributed by atoms with Crippen LogP contribution in [0.3, 0.4) is 0 Å². The molecule has 2 aromatic heterocycles. The normalized spacial score (nSPS) is 28.9. The molecule has 3 aromatic rings. The summed E-state index contributed by atoms with van der Waals surface area (Å²) >= 11 is 1.55. The highest BCUT2D eigenvalue weighted by Crippen LogP contribution is 2.61. The summed E-state index contributed by atoms with van der Waals surface area (Å²) < 4.78 is 8.14. The van der Waals surface area contributed by atoms with Crippen LogP contribution < -0.4 is 10.1 Å². The second-order valence-corrected chi connectivity index (χ2v) is 11.1. The van der Waals surface area contributed by atoms with Gasteiger partial charge in [0.05, 0.1) is 23.0 Å². The standard InChI is InChI=1S/C24H28N4O2S/c1-14-5-21(28(27-14)23-25-19-4-3-18(30-2)9-20(19)31-23)26-22(29)13-24-10-15-6-16(11-24)8-17(7-15)12-24/h3-5,9,15-17H,6-8,10-13H2,1-2H3,(H,26,29). The molecule has 7 rings (SSSR count). The first-order valence-corrected chi connectivity index (χ1v) is 12.1. The van der Waals surface area contributed by atoms with Gasteiger partial charge in [-0.2, -0.15) is 9.78 Å². The van der Waals surface area contributed by atoms with E-state index in [1.54, 1.807) is 23.1 Å². The molecule has 1 N–H and O–H groups in total. The van der Waals surface area contributed by atoms with Crippen molar-refractivity contribution in [2.24, 2.45) is 23.2 Å². The SMILES string of the molecule is COc1ccc2nc(-n3nc(C)cc3NC(=O)CC34CC5CC(CC(C5)C3)C4)sc2c1. The van der Waals surface area contributed by atoms with E-state index in [-0.39, 0.29) is 11.3 Å². The van der Waals surface area contributed by atoms with Crippen LogP contribution in [0.4, 0.5) is 5.82 Å². The van der Waals surface area contributed by atoms with Gasteiger partial charge in [0.25, 0.3) is 0 Å². The topological polar surface area (TPSA) is 69.0 Å². The molecule has 4 saturated carbocycles. The molecule has 4 aliphatic carbocycles. The number of aryl methyl sites for hydroxylation is 1. The van der Waals surface area contributed by atoms with Crippen LogP contribution >= 0.6 is 11.3 Å². The van der Waals surface area contributed by atoms with Crippen molar-refractivity contribution < 1.29 is 9.53 Å². The summed E-state index contributed by atoms with van der Waals surface area (Å²) in [6.07, 6.45) is 8.55. The number of ether oxygens (including phenoxy) is 1. The van der Waals surface area contributed by atoms with E-state index in [0.29, 0.717) is 12.2 Å². The lowest BCUT2D eigenvalue weighted by atomic mass is 9.49. The Morgan fingerprint density at radius 3 is 2.58 bits per heavy atom. The van der Waals surface area contributed by atoms with Crippen LogP contribution in [0.2, 0.25) is 0 Å². The summed E-state index contributed by atoms with van der Waals surface area (Å²) in [6, 6.07) is 7.78. The van der Waals surface area contributed by atoms with Crippen molar-refractivity contribution in [2.75, 3.05) is 12.4 Å². The molecule has 4 bridgehead atoms. The molecule has 6 nitrogen and oxygen atoms in total. The largest absolute Gasteiger partial charge is 0.497 e. The van der Waals surface area contributed by atoms with Crippen molar-refractivity contribution in [2.45, 2.75) is 51.9 Å². The Balaban J connectivity index is 1.24. The third-order valence-electron chi connectivity index (χ3n) is 7.57. The molecule has 0 unspecified atom stereocenters. The van der Waals surface area contributed by atoms with Gasteiger partial charge in [-0.25, -0.2) is 4.98 Å². The van der Waals surface area contributed by atoms with Crippen LogP contribution in [-0.2, 0) is 4.79 Å². The maximum absolute atomic E-state index is 13.2. The minimum absolute atomic E-state index is 0.117. The fraction of sp³-hybridized carbons (Fsp3) is 0.542. The first-order valence-electron chi connectivity index (χ1n) is 11.3. The smallest absolute Gasteiger partial charge is 0.226 e. The van der Waals surface area contributed by atoms with Crippen LogP contribution in [0.5, 0.6) is 5.75 Å². The van der Waals surface area contributed by atoms with Crippen LogP contribution in [0.1, 0.15) is 50.6 Å². The number of aromatic nitrogens is 3. The molecular formula is C24H28N4O2S. The van der Waals surface area contributed by atoms with Gasteiger partial charge in [-0.05, 0) is 86.8 Å². The van der Waals surface area contributed by atoms with Gasteiger partial charge in [0, 0.05) is 12.5 Å². The van der Waals surface area contributed by atoms with Gasteiger partial charge in [0.2, 0.25) is 11.0 Å². The zero-order valence-electron chi connectivity index (χ0n) is 18.1. The van der Waals surface area contributed by atoms with Gasteiger partial charge in [0.1, 0.15) is 11.6 Å². The number of rotatable bonds is 5. The number of amides is 1. The summed E-state index contributed by atoms with van der Waals surface area (Å²) in [5.41, 5.74) is 1.99. The average molecular weight is 437 g/mol. The van der Waals surface area contributed by atoms with E-state index in [9.17, 15) is 4.79 Å². The van der Waals surface area contributed by atoms with E-state index in [1.165, 1.54) is 38.5 Å². The van der Waals surface area contributed by atoms with E-state index < -0.39 is 0 Å². The lowest BCUT2D eigenvalue weighted by molar-refractivity contribution is -0.124. The van der Waals surface area contributed by atoms with Crippen molar-refractivity contribution in [1.82, 2.24) is 14.8 Å². The number of nitrogens with one attached hydrogen (secondary N) is 1. The summed E-state index contributed by atoms with van der Waals surface area (Å²) in [7, 11) is 1.66. The van der Waals surface area contributed by atoms with Crippen molar-refractivity contribution in [3.05, 3.63) is 30.0 Å². The van der Waals surface area contributed by atoms with Crippen LogP contribution in [-0.4, -0.2) is 27.8 Å². The molecule has 2 heterocycles. The Labute approximate surface area is 186 Å². The van der Waals surface area contributed by atoms with Gasteiger partial charge in [-0.1, -0.05) is 11.3 Å². The molecule has 7 heteroatoms. The van der Waals surface area contributed by atoms with Crippen molar-refractivity contribution in [3.63, 3.8) is 0 Å². The number of anilines is 1. The van der Waals surface area contributed by atoms with Crippen LogP contribution in [0, 0.1) is 30.1 Å². The molecule has 0 aliphatic heterocycles. The minimum atomic E-state index is 0.117. The zero-order chi connectivity index (χ0) is 21.2. The first kappa shape index (κ1) is 19.3. The molecule has 0 radical (unpaired) electrons. The van der Waals surface area contributed by atoms with Gasteiger partial charge >= 0.3 is 0 Å². The third-order valence-corrected chi connectivity index (χ3v) is 8.56. The Morgan fingerprint density at radius 2 is 1.90 bits per heavy atom. The van der Waals surface area contributed by atoms with Gasteiger partial charge < -0.3 is 10.1 Å². The summed E-state index contributed by atoms with van der Waals surface area (Å²) in [5, 5.41) is 8.54. The fourth-order valence-corrected chi connectivity index (χ4v) is 7.84. The van der Waals surface area contributed by atoms with E-state index in [1.807, 2.05) is 31.2 Å². The van der Waals surface area contributed by atoms with E-state index in [4.69, 9.17) is 9.72 Å². The van der Waals surface area contributed by atoms with E-state index in [0.717, 1.165) is 44.5 Å². The monoisotopic (exact) mass is 436 g/mol. The maximum Gasteiger partial charge on any atom is 0.226 e. The highest BCUT2D eigenvalue weighted by molar-refractivity contribution is 7.20. The van der Waals surface area contributed by atoms with E-state index >= 15 is 0 Å². The number of carbonyl (C=O) groups is 1. The van der Waals surface area contributed by atoms with Crippen molar-refractivity contribution in [3.8, 4) is 10.9 Å². The van der Waals surface area contributed by atoms with Gasteiger partial charge in [-0.3, -0.25) is 4.79 Å². The summed E-state index contributed by atoms with van der Waals surface area (Å²) in [6.45, 7) is 1.95. The molecular weight excluding hydrogens is 408 g/mol. The summed E-state index contributed by atoms with van der Waals surface area (Å²) in [5.74, 6) is 4.19. The van der Waals surface area contributed by atoms with Crippen LogP contribution in [0.15, 0.2) is 24.3 Å². The molecule has 0 atom stereocenters. The molecule has 0 saturated heterocycles. The molecule has 1 aromatic carbocycles. The number of hydrogen-bond donors (Lipinski definition) is 1. The molecule has 4 fully saturated rings. The highest BCUT2D eigenvalue weighted by Gasteiger charge is 2.51. The van der Waals surface area contributed by atoms with Crippen molar-refractivity contribution >= 4 is 33.3 Å². The molecule has 4 aliphatic rings. The number of thiazole rings is 1. The number of carbonyl (C=O) groups excluding carboxylic acids is 1. The molecule has 0 spiro atoms. The average Bonchev–Trinajstić information content (AvgIpc) is 3.28. The maximum atomic E-state index is 13.2. The number of hydrogen-bond acceptors (Lipinski definition) is 5. The Kier molecular flexibility index (Phi) is 4.39. The second-order valence-electron chi connectivity index (χ2n) is 10.1. The number of benzene rings is 1. The molecule has 162 valence electrons. The minimum Gasteiger partial charge on any atom is -0.497 e. The molecule has 1 amide bonds. The van der Waals surface area contributed by atoms with Gasteiger partial charge in [0.15, 0.2) is 0 Å². The number of fused-ring (bicyclic) bond motifs is 1. The van der Waals surface area contributed by atoms with Crippen LogP contribution in [0.25, 0.3) is 15.3 Å². The summed E-state index contributed by atoms with van der Waals surface area (Å²) in [4.78, 5) is 17.9. The predicted molar refractivity (Wildman–Crippen MR) is 122 cm³/mol. The van der Waals surface area contributed by atoms with Gasteiger partial charge in [-0.15, -0.1) is 0 Å². The number of methoxy groups -OCH3 is 1. The Hall–Kier alpha value is -2.41. The Bertz CT molecular complexity index is 1130.